The summed E-state index contributed by atoms with van der Waals surface area (Å²) in [6, 6.07) is -0.718. The van der Waals surface area contributed by atoms with E-state index in [1.807, 2.05) is 0 Å². The number of primary amides is 1. The first-order valence-electron chi connectivity index (χ1n) is 1.03. The lowest BCUT2D eigenvalue weighted by molar-refractivity contribution is 0.249. The van der Waals surface area contributed by atoms with Crippen LogP contribution in [0.2, 0.25) is 0 Å². The van der Waals surface area contributed by atoms with E-state index in [-0.39, 0.29) is 23.1 Å². The Kier molecular flexibility index (Phi) is 7.80. The fourth-order valence-electron chi connectivity index (χ4n) is 0. The van der Waals surface area contributed by atoms with Crippen molar-refractivity contribution in [3.63, 3.8) is 0 Å². The molecule has 0 aromatic heterocycles. The fraction of sp³-hybridized carbons (Fsp3) is 0. The van der Waals surface area contributed by atoms with Crippen LogP contribution in [0.3, 0.4) is 0 Å². The molecular weight excluding hydrogens is 94.3 g/mol. The minimum Gasteiger partial charge on any atom is -0.351 e. The van der Waals surface area contributed by atoms with Gasteiger partial charge in [-0.1, -0.05) is 0 Å². The first-order valence-corrected chi connectivity index (χ1v) is 1.03. The van der Waals surface area contributed by atoms with Crippen LogP contribution in [0.1, 0.15) is 0 Å². The van der Waals surface area contributed by atoms with E-state index >= 15 is 0 Å². The molecule has 0 aliphatic carbocycles. The van der Waals surface area contributed by atoms with Crippen molar-refractivity contribution in [2.24, 2.45) is 11.6 Å². The normalized spacial score (nSPS) is 5.50. The molecule has 0 aliphatic heterocycles. The molecule has 34 valence electrons. The van der Waals surface area contributed by atoms with Gasteiger partial charge in [-0.15, -0.1) is 0 Å². The van der Waals surface area contributed by atoms with Crippen molar-refractivity contribution in [2.75, 3.05) is 0 Å². The van der Waals surface area contributed by atoms with Gasteiger partial charge in [0.15, 0.2) is 0 Å². The zero-order valence-corrected chi connectivity index (χ0v) is 2.56. The number of nitrogens with one attached hydrogen (secondary N) is 1. The maximum Gasteiger partial charge on any atom is 0.326 e. The Labute approximate surface area is 51.4 Å². The fourth-order valence-corrected chi connectivity index (χ4v) is 0. The zero-order valence-electron chi connectivity index (χ0n) is 2.56. The molecule has 0 aromatic rings. The highest BCUT2D eigenvalue weighted by Gasteiger charge is 1.73. The van der Waals surface area contributed by atoms with E-state index in [0.717, 1.165) is 0 Å². The highest BCUT2D eigenvalue weighted by molar-refractivity contribution is 5.75. The van der Waals surface area contributed by atoms with Gasteiger partial charge < -0.3 is 5.73 Å². The SMILES string of the molecule is NNC(N)=O.[MgH2]. The van der Waals surface area contributed by atoms with E-state index in [1.165, 1.54) is 0 Å². The standard InChI is InChI=1S/CH5N3O.Mg.2H/c2-1(5)4-3;;;/h3H2,(H3,2,4,5);;;. The molecule has 4 nitrogen and oxygen atoms in total. The number of hydrogen-bond donors (Lipinski definition) is 3. The van der Waals surface area contributed by atoms with Gasteiger partial charge in [-0.2, -0.15) is 0 Å². The minimum atomic E-state index is -0.718. The second-order valence-corrected chi connectivity index (χ2v) is 0.509. The van der Waals surface area contributed by atoms with E-state index in [4.69, 9.17) is 0 Å². The lowest BCUT2D eigenvalue weighted by Gasteiger charge is -1.81. The lowest BCUT2D eigenvalue weighted by Crippen LogP contribution is -2.34. The van der Waals surface area contributed by atoms with E-state index in [0.29, 0.717) is 0 Å². The summed E-state index contributed by atoms with van der Waals surface area (Å²) in [6.45, 7) is 0. The van der Waals surface area contributed by atoms with Gasteiger partial charge in [0, 0.05) is 0 Å². The van der Waals surface area contributed by atoms with Crippen molar-refractivity contribution in [2.45, 2.75) is 0 Å². The Morgan fingerprint density at radius 1 is 1.67 bits per heavy atom. The molecule has 0 aromatic carbocycles. The third-order valence-corrected chi connectivity index (χ3v) is 0.142. The maximum atomic E-state index is 9.35. The Bertz CT molecular complexity index is 46.1. The maximum absolute atomic E-state index is 9.35. The number of urea groups is 1. The number of carbonyl (C=O) groups is 1. The van der Waals surface area contributed by atoms with Crippen LogP contribution in [0.15, 0.2) is 0 Å². The summed E-state index contributed by atoms with van der Waals surface area (Å²) in [5.41, 5.74) is 6.08. The van der Waals surface area contributed by atoms with Gasteiger partial charge in [-0.25, -0.2) is 10.6 Å². The monoisotopic (exact) mass is 101 g/mol. The summed E-state index contributed by atoms with van der Waals surface area (Å²) in [7, 11) is 0. The smallest absolute Gasteiger partial charge is 0.326 e. The largest absolute Gasteiger partial charge is 0.351 e. The van der Waals surface area contributed by atoms with E-state index in [2.05, 4.69) is 11.6 Å². The van der Waals surface area contributed by atoms with Crippen molar-refractivity contribution in [3.8, 4) is 0 Å². The minimum absolute atomic E-state index is 0. The number of amides is 2. The summed E-state index contributed by atoms with van der Waals surface area (Å²) >= 11 is 0. The van der Waals surface area contributed by atoms with Crippen molar-refractivity contribution in [3.05, 3.63) is 0 Å². The number of carbonyl (C=O) groups excluding carboxylic acids is 1. The van der Waals surface area contributed by atoms with Crippen LogP contribution in [-0.4, -0.2) is 29.1 Å². The molecule has 5 N–H and O–H groups in total. The van der Waals surface area contributed by atoms with E-state index in [1.54, 1.807) is 5.43 Å². The molecule has 2 amide bonds. The third kappa shape index (κ3) is 9.00. The molecule has 0 saturated carbocycles. The Morgan fingerprint density at radius 2 is 1.83 bits per heavy atom. The molecule has 0 radical (unpaired) electrons. The van der Waals surface area contributed by atoms with E-state index < -0.39 is 6.03 Å². The van der Waals surface area contributed by atoms with Crippen LogP contribution < -0.4 is 17.0 Å². The average molecular weight is 101 g/mol. The molecule has 5 heteroatoms. The van der Waals surface area contributed by atoms with E-state index in [9.17, 15) is 4.79 Å². The highest BCUT2D eigenvalue weighted by Crippen LogP contribution is 1.34. The summed E-state index contributed by atoms with van der Waals surface area (Å²) in [4.78, 5) is 9.35. The predicted octanol–water partition coefficient (Wildman–Crippen LogP) is -2.39. The molecule has 0 bridgehead atoms. The highest BCUT2D eigenvalue weighted by atomic mass is 24.3. The molecule has 0 atom stereocenters. The molecule has 0 rings (SSSR count). The van der Waals surface area contributed by atoms with Crippen molar-refractivity contribution < 1.29 is 4.79 Å². The second kappa shape index (κ2) is 5.00. The van der Waals surface area contributed by atoms with Gasteiger partial charge in [-0.05, 0) is 0 Å². The van der Waals surface area contributed by atoms with Gasteiger partial charge in [0.2, 0.25) is 0 Å². The topological polar surface area (TPSA) is 81.1 Å². The van der Waals surface area contributed by atoms with Crippen LogP contribution in [0.4, 0.5) is 4.79 Å². The Balaban J connectivity index is 0. The quantitative estimate of drug-likeness (QED) is 0.138. The molecule has 0 saturated heterocycles. The van der Waals surface area contributed by atoms with Gasteiger partial charge >= 0.3 is 29.1 Å². The van der Waals surface area contributed by atoms with Crippen LogP contribution in [0.25, 0.3) is 0 Å². The average Bonchev–Trinajstić information content (AvgIpc) is 1.38. The number of nitrogens with two attached hydrogens (primary N) is 2. The molecular formula is CH7MgN3O. The van der Waals surface area contributed by atoms with Gasteiger partial charge in [0.1, 0.15) is 0 Å². The van der Waals surface area contributed by atoms with Crippen LogP contribution in [-0.2, 0) is 0 Å². The van der Waals surface area contributed by atoms with Crippen LogP contribution in [0.5, 0.6) is 0 Å². The first kappa shape index (κ1) is 9.37. The van der Waals surface area contributed by atoms with Crippen LogP contribution >= 0.6 is 0 Å². The van der Waals surface area contributed by atoms with Crippen molar-refractivity contribution in [1.82, 2.24) is 5.43 Å². The second-order valence-electron chi connectivity index (χ2n) is 0.509. The van der Waals surface area contributed by atoms with Gasteiger partial charge in [0.05, 0.1) is 0 Å². The Morgan fingerprint density at radius 3 is 1.83 bits per heavy atom. The summed E-state index contributed by atoms with van der Waals surface area (Å²) < 4.78 is 0. The third-order valence-electron chi connectivity index (χ3n) is 0.142. The lowest BCUT2D eigenvalue weighted by atomic mass is 11.2. The predicted molar refractivity (Wildman–Crippen MR) is 25.5 cm³/mol. The summed E-state index contributed by atoms with van der Waals surface area (Å²) in [5, 5.41) is 0. The number of hydrazine groups is 1. The Hall–Kier alpha value is -0.00377. The molecule has 0 unspecified atom stereocenters. The number of hydrogen-bond acceptors (Lipinski definition) is 2. The first-order chi connectivity index (χ1) is 2.27. The molecule has 0 spiro atoms. The summed E-state index contributed by atoms with van der Waals surface area (Å²) in [5.74, 6) is 4.45. The molecule has 0 aliphatic rings. The van der Waals surface area contributed by atoms with Gasteiger partial charge in [-0.3, -0.25) is 5.43 Å². The molecule has 0 fully saturated rings. The van der Waals surface area contributed by atoms with Gasteiger partial charge in [0.25, 0.3) is 0 Å². The van der Waals surface area contributed by atoms with Crippen LogP contribution in [0, 0.1) is 0 Å². The number of rotatable bonds is 0. The van der Waals surface area contributed by atoms with Crippen molar-refractivity contribution in [1.29, 1.82) is 0 Å². The summed E-state index contributed by atoms with van der Waals surface area (Å²) in [6.07, 6.45) is 0. The zero-order chi connectivity index (χ0) is 4.28. The molecule has 6 heavy (non-hydrogen) atoms. The molecule has 0 heterocycles. The van der Waals surface area contributed by atoms with Crippen molar-refractivity contribution >= 4 is 29.1 Å².